The summed E-state index contributed by atoms with van der Waals surface area (Å²) in [5.74, 6) is 0. The van der Waals surface area contributed by atoms with Crippen LogP contribution in [-0.2, 0) is 20.9 Å². The van der Waals surface area contributed by atoms with Crippen LogP contribution in [0.2, 0.25) is 0 Å². The molecule has 0 saturated heterocycles. The Bertz CT molecular complexity index is 156. The van der Waals surface area contributed by atoms with Crippen LogP contribution in [0.15, 0.2) is 3.34 Å². The molecule has 137 valence electrons. The second-order valence-electron chi connectivity index (χ2n) is 4.83. The van der Waals surface area contributed by atoms with Crippen molar-refractivity contribution in [2.45, 2.75) is 74.3 Å². The first kappa shape index (κ1) is 30.3. The molecule has 0 fully saturated rings. The number of hydrogen-bond acceptors (Lipinski definition) is 1. The second-order valence-corrected chi connectivity index (χ2v) is 5.33. The van der Waals surface area contributed by atoms with Gasteiger partial charge in [0, 0.05) is 0 Å². The molecule has 0 unspecified atom stereocenters. The van der Waals surface area contributed by atoms with Gasteiger partial charge in [-0.1, -0.05) is 41.5 Å². The fraction of sp³-hybridized carbons (Fsp3) is 1.00. The predicted molar refractivity (Wildman–Crippen MR) is 100 cm³/mol. The maximum Gasteiger partial charge on any atom is -0.0844 e. The van der Waals surface area contributed by atoms with Gasteiger partial charge in [-0.25, -0.2) is 0 Å². The average molecular weight is 394 g/mol. The van der Waals surface area contributed by atoms with Crippen LogP contribution in [-0.4, -0.2) is 44.8 Å². The first-order chi connectivity index (χ1) is 10.4. The zero-order valence-electron chi connectivity index (χ0n) is 16.7. The molecule has 0 heterocycles. The molecular formula is C17H41N4Nb-3. The Morgan fingerprint density at radius 1 is 0.636 bits per heavy atom. The van der Waals surface area contributed by atoms with Gasteiger partial charge in [0.05, 0.1) is 0 Å². The van der Waals surface area contributed by atoms with Crippen LogP contribution in [0.3, 0.4) is 0 Å². The molecule has 0 aromatic heterocycles. The van der Waals surface area contributed by atoms with Gasteiger partial charge in [0.15, 0.2) is 0 Å². The Kier molecular flexibility index (Phi) is 40.6. The van der Waals surface area contributed by atoms with Gasteiger partial charge in [0.1, 0.15) is 0 Å². The van der Waals surface area contributed by atoms with Gasteiger partial charge in [-0.3, -0.25) is 0 Å². The first-order valence-electron chi connectivity index (χ1n) is 8.62. The van der Waals surface area contributed by atoms with Crippen molar-refractivity contribution in [3.05, 3.63) is 16.0 Å². The number of hydrogen-bond donors (Lipinski definition) is 0. The SMILES string of the molecule is CCC(C)(C)[N]=[Nb].CC[N-]CC.CC[N-]CC.CC[N-]CC. The summed E-state index contributed by atoms with van der Waals surface area (Å²) in [4.78, 5) is 0. The molecule has 0 saturated carbocycles. The molecule has 22 heavy (non-hydrogen) atoms. The van der Waals surface area contributed by atoms with Gasteiger partial charge < -0.3 is 16.0 Å². The second kappa shape index (κ2) is 29.4. The van der Waals surface area contributed by atoms with E-state index in [1.807, 2.05) is 41.5 Å². The van der Waals surface area contributed by atoms with Crippen molar-refractivity contribution in [1.29, 1.82) is 0 Å². The van der Waals surface area contributed by atoms with E-state index in [4.69, 9.17) is 0 Å². The molecule has 0 N–H and O–H groups in total. The molecule has 0 rings (SSSR count). The van der Waals surface area contributed by atoms with E-state index in [0.29, 0.717) is 0 Å². The number of rotatable bonds is 8. The van der Waals surface area contributed by atoms with Crippen molar-refractivity contribution in [1.82, 2.24) is 0 Å². The molecule has 0 aromatic carbocycles. The summed E-state index contributed by atoms with van der Waals surface area (Å²) < 4.78 is 4.19. The minimum Gasteiger partial charge on any atom is -0.663 e. The van der Waals surface area contributed by atoms with Crippen molar-refractivity contribution >= 4 is 0 Å². The topological polar surface area (TPSA) is 54.7 Å². The van der Waals surface area contributed by atoms with Gasteiger partial charge in [-0.15, -0.1) is 0 Å². The third-order valence-corrected chi connectivity index (χ3v) is 3.81. The van der Waals surface area contributed by atoms with E-state index in [9.17, 15) is 0 Å². The monoisotopic (exact) mass is 394 g/mol. The van der Waals surface area contributed by atoms with E-state index < -0.39 is 0 Å². The maximum atomic E-state index is 4.19. The van der Waals surface area contributed by atoms with Crippen LogP contribution in [0.1, 0.15) is 68.7 Å². The molecule has 0 aliphatic carbocycles. The number of nitrogens with zero attached hydrogens (tertiary/aromatic N) is 4. The van der Waals surface area contributed by atoms with E-state index in [2.05, 4.69) is 40.1 Å². The van der Waals surface area contributed by atoms with Gasteiger partial charge in [0.2, 0.25) is 0 Å². The van der Waals surface area contributed by atoms with E-state index in [1.165, 1.54) is 0 Å². The molecule has 5 heteroatoms. The quantitative estimate of drug-likeness (QED) is 0.446. The minimum absolute atomic E-state index is 0.231. The molecule has 4 nitrogen and oxygen atoms in total. The van der Waals surface area contributed by atoms with E-state index in [1.54, 1.807) is 20.9 Å². The summed E-state index contributed by atoms with van der Waals surface area (Å²) in [6, 6.07) is 0. The molecule has 0 aliphatic rings. The molecule has 0 atom stereocenters. The van der Waals surface area contributed by atoms with Crippen molar-refractivity contribution in [3.8, 4) is 0 Å². The standard InChI is InChI=1S/C5H11N.3C4H10N.Nb/c1-4-5(2,3)6;3*1-3-5-4-2;/h4H2,1-3H3;3*3-4H2,1-2H3;/q;3*-1;. The Hall–Kier alpha value is 0.420. The molecule has 0 aliphatic heterocycles. The molecular weight excluding hydrogens is 353 g/mol. The van der Waals surface area contributed by atoms with Crippen LogP contribution >= 0.6 is 0 Å². The van der Waals surface area contributed by atoms with Crippen molar-refractivity contribution in [2.24, 2.45) is 3.34 Å². The normalized spacial score (nSPS) is 9.27. The summed E-state index contributed by atoms with van der Waals surface area (Å²) in [5, 5.41) is 11.9. The fourth-order valence-corrected chi connectivity index (χ4v) is 1.09. The molecule has 0 radical (unpaired) electrons. The summed E-state index contributed by atoms with van der Waals surface area (Å²) in [5.41, 5.74) is 0.231. The Labute approximate surface area is 153 Å². The third-order valence-electron chi connectivity index (χ3n) is 2.48. The van der Waals surface area contributed by atoms with Crippen LogP contribution in [0.5, 0.6) is 0 Å². The van der Waals surface area contributed by atoms with E-state index in [0.717, 1.165) is 45.7 Å². The summed E-state index contributed by atoms with van der Waals surface area (Å²) in [6.45, 7) is 24.5. The van der Waals surface area contributed by atoms with Crippen molar-refractivity contribution in [3.63, 3.8) is 0 Å². The zero-order chi connectivity index (χ0) is 18.3. The van der Waals surface area contributed by atoms with Gasteiger partial charge in [0.25, 0.3) is 0 Å². The minimum atomic E-state index is 0.231. The van der Waals surface area contributed by atoms with Crippen molar-refractivity contribution < 1.29 is 20.9 Å². The Morgan fingerprint density at radius 2 is 0.864 bits per heavy atom. The fourth-order valence-electron chi connectivity index (χ4n) is 0.742. The largest absolute Gasteiger partial charge is 0.663 e. The van der Waals surface area contributed by atoms with E-state index >= 15 is 0 Å². The van der Waals surface area contributed by atoms with E-state index in [-0.39, 0.29) is 5.54 Å². The van der Waals surface area contributed by atoms with Crippen LogP contribution in [0.4, 0.5) is 0 Å². The van der Waals surface area contributed by atoms with Crippen molar-refractivity contribution in [2.75, 3.05) is 39.3 Å². The van der Waals surface area contributed by atoms with Crippen LogP contribution in [0, 0.1) is 0 Å². The smallest absolute Gasteiger partial charge is 0.0844 e. The van der Waals surface area contributed by atoms with Gasteiger partial charge in [-0.2, -0.15) is 39.3 Å². The third kappa shape index (κ3) is 49.9. The van der Waals surface area contributed by atoms with Crippen LogP contribution < -0.4 is 0 Å². The summed E-state index contributed by atoms with van der Waals surface area (Å²) in [7, 11) is 0. The predicted octanol–water partition coefficient (Wildman–Crippen LogP) is 6.11. The molecule has 0 bridgehead atoms. The Morgan fingerprint density at radius 3 is 0.864 bits per heavy atom. The van der Waals surface area contributed by atoms with Gasteiger partial charge in [-0.05, 0) is 0 Å². The summed E-state index contributed by atoms with van der Waals surface area (Å²) in [6.07, 6.45) is 1.14. The first-order valence-corrected chi connectivity index (χ1v) is 9.61. The van der Waals surface area contributed by atoms with Gasteiger partial charge >= 0.3 is 57.0 Å². The average Bonchev–Trinajstić information content (AvgIpc) is 2.52. The Balaban J connectivity index is -0.0000000995. The molecule has 0 spiro atoms. The molecule has 0 aromatic rings. The molecule has 0 amide bonds. The summed E-state index contributed by atoms with van der Waals surface area (Å²) >= 11 is 1.55. The van der Waals surface area contributed by atoms with Crippen LogP contribution in [0.25, 0.3) is 16.0 Å². The maximum absolute atomic E-state index is 4.19. The zero-order valence-corrected chi connectivity index (χ0v) is 18.9.